The summed E-state index contributed by atoms with van der Waals surface area (Å²) in [5.74, 6) is 0. The fourth-order valence-electron chi connectivity index (χ4n) is 1.48. The van der Waals surface area contributed by atoms with Crippen LogP contribution in [0, 0.1) is 6.92 Å². The number of nitrogens with zero attached hydrogens (tertiary/aromatic N) is 1. The van der Waals surface area contributed by atoms with Crippen molar-refractivity contribution in [2.45, 2.75) is 17.7 Å². The third kappa shape index (κ3) is 3.40. The van der Waals surface area contributed by atoms with Gasteiger partial charge in [-0.25, -0.2) is 8.42 Å². The van der Waals surface area contributed by atoms with Gasteiger partial charge in [-0.05, 0) is 51.5 Å². The first-order valence-corrected chi connectivity index (χ1v) is 9.56. The molecule has 2 rings (SSSR count). The van der Waals surface area contributed by atoms with Crippen LogP contribution in [0.2, 0.25) is 4.34 Å². The van der Waals surface area contributed by atoms with Gasteiger partial charge in [0.1, 0.15) is 4.21 Å². The molecule has 8 heteroatoms. The van der Waals surface area contributed by atoms with E-state index in [1.165, 1.54) is 15.6 Å². The van der Waals surface area contributed by atoms with Gasteiger partial charge in [0.05, 0.1) is 8.12 Å². The van der Waals surface area contributed by atoms with E-state index < -0.39 is 10.0 Å². The molecule has 0 saturated carbocycles. The number of rotatable bonds is 4. The average Bonchev–Trinajstić information content (AvgIpc) is 2.87. The molecule has 2 aromatic rings. The van der Waals surface area contributed by atoms with Gasteiger partial charge in [0.15, 0.2) is 0 Å². The van der Waals surface area contributed by atoms with Crippen molar-refractivity contribution >= 4 is 60.2 Å². The SMILES string of the molecule is Cc1cc(S(=O)(=O)N(C)Cc2csc(Br)c2)sc1Cl. The molecule has 0 aromatic carbocycles. The predicted molar refractivity (Wildman–Crippen MR) is 84.7 cm³/mol. The van der Waals surface area contributed by atoms with E-state index in [1.807, 2.05) is 11.4 Å². The first-order valence-electron chi connectivity index (χ1n) is 5.26. The number of sulfonamides is 1. The standard InChI is InChI=1S/C11H11BrClNO2S3/c1-7-3-10(18-11(7)13)19(15,16)14(2)5-8-4-9(12)17-6-8/h3-4,6H,5H2,1-2H3. The summed E-state index contributed by atoms with van der Waals surface area (Å²) in [7, 11) is -1.90. The second kappa shape index (κ2) is 5.83. The molecule has 0 fully saturated rings. The molecular weight excluding hydrogens is 390 g/mol. The maximum absolute atomic E-state index is 12.4. The summed E-state index contributed by atoms with van der Waals surface area (Å²) in [6.45, 7) is 2.15. The molecule has 0 aliphatic carbocycles. The Balaban J connectivity index is 2.24. The molecule has 0 unspecified atom stereocenters. The Morgan fingerprint density at radius 2 is 2.11 bits per heavy atom. The zero-order valence-electron chi connectivity index (χ0n) is 10.2. The monoisotopic (exact) mass is 399 g/mol. The Morgan fingerprint density at radius 1 is 1.42 bits per heavy atom. The largest absolute Gasteiger partial charge is 0.252 e. The van der Waals surface area contributed by atoms with Gasteiger partial charge in [0, 0.05) is 13.6 Å². The van der Waals surface area contributed by atoms with E-state index >= 15 is 0 Å². The zero-order valence-corrected chi connectivity index (χ0v) is 15.0. The van der Waals surface area contributed by atoms with Crippen molar-refractivity contribution in [2.75, 3.05) is 7.05 Å². The molecule has 0 atom stereocenters. The fourth-order valence-corrected chi connectivity index (χ4v) is 5.76. The number of aryl methyl sites for hydroxylation is 1. The number of hydrogen-bond acceptors (Lipinski definition) is 4. The molecule has 0 aliphatic heterocycles. The summed E-state index contributed by atoms with van der Waals surface area (Å²) in [6.07, 6.45) is 0. The molecule has 3 nitrogen and oxygen atoms in total. The Hall–Kier alpha value is 0.0800. The summed E-state index contributed by atoms with van der Waals surface area (Å²) in [5, 5.41) is 1.93. The minimum atomic E-state index is -3.47. The van der Waals surface area contributed by atoms with Crippen molar-refractivity contribution in [3.05, 3.63) is 36.8 Å². The maximum atomic E-state index is 12.4. The van der Waals surface area contributed by atoms with Crippen molar-refractivity contribution in [2.24, 2.45) is 0 Å². The van der Waals surface area contributed by atoms with Crippen molar-refractivity contribution in [1.29, 1.82) is 0 Å². The Bertz CT molecular complexity index is 673. The van der Waals surface area contributed by atoms with Gasteiger partial charge < -0.3 is 0 Å². The van der Waals surface area contributed by atoms with Crippen LogP contribution in [0.25, 0.3) is 0 Å². The molecule has 0 N–H and O–H groups in total. The van der Waals surface area contributed by atoms with E-state index in [1.54, 1.807) is 20.0 Å². The zero-order chi connectivity index (χ0) is 14.2. The molecule has 0 radical (unpaired) electrons. The lowest BCUT2D eigenvalue weighted by atomic mass is 10.3. The Kier molecular flexibility index (Phi) is 4.75. The van der Waals surface area contributed by atoms with Crippen LogP contribution in [0.4, 0.5) is 0 Å². The lowest BCUT2D eigenvalue weighted by Gasteiger charge is -2.14. The van der Waals surface area contributed by atoms with Crippen LogP contribution in [0.5, 0.6) is 0 Å². The third-order valence-electron chi connectivity index (χ3n) is 2.53. The first-order chi connectivity index (χ1) is 8.80. The highest BCUT2D eigenvalue weighted by Crippen LogP contribution is 2.32. The van der Waals surface area contributed by atoms with Crippen molar-refractivity contribution in [1.82, 2.24) is 4.31 Å². The molecule has 19 heavy (non-hydrogen) atoms. The van der Waals surface area contributed by atoms with E-state index in [9.17, 15) is 8.42 Å². The van der Waals surface area contributed by atoms with Crippen LogP contribution in [0.15, 0.2) is 25.5 Å². The van der Waals surface area contributed by atoms with Crippen LogP contribution in [-0.4, -0.2) is 19.8 Å². The lowest BCUT2D eigenvalue weighted by molar-refractivity contribution is 0.469. The molecule has 104 valence electrons. The summed E-state index contributed by atoms with van der Waals surface area (Å²) in [4.78, 5) is 0. The molecule has 0 amide bonds. The third-order valence-corrected chi connectivity index (χ3v) is 7.89. The van der Waals surface area contributed by atoms with Gasteiger partial charge >= 0.3 is 0 Å². The topological polar surface area (TPSA) is 37.4 Å². The van der Waals surface area contributed by atoms with E-state index in [2.05, 4.69) is 15.9 Å². The Morgan fingerprint density at radius 3 is 2.58 bits per heavy atom. The smallest absolute Gasteiger partial charge is 0.206 e. The lowest BCUT2D eigenvalue weighted by Crippen LogP contribution is -2.25. The number of halogens is 2. The molecular formula is C11H11BrClNO2S3. The van der Waals surface area contributed by atoms with Crippen molar-refractivity contribution in [3.63, 3.8) is 0 Å². The van der Waals surface area contributed by atoms with Gasteiger partial charge in [-0.2, -0.15) is 4.31 Å². The maximum Gasteiger partial charge on any atom is 0.252 e. The van der Waals surface area contributed by atoms with Crippen molar-refractivity contribution < 1.29 is 8.42 Å². The fraction of sp³-hybridized carbons (Fsp3) is 0.273. The van der Waals surface area contributed by atoms with E-state index in [-0.39, 0.29) is 4.21 Å². The molecule has 0 bridgehead atoms. The Labute approximate surface area is 134 Å². The summed E-state index contributed by atoms with van der Waals surface area (Å²) >= 11 is 11.9. The van der Waals surface area contributed by atoms with Gasteiger partial charge in [-0.3, -0.25) is 0 Å². The summed E-state index contributed by atoms with van der Waals surface area (Å²) in [6, 6.07) is 3.53. The molecule has 0 spiro atoms. The highest BCUT2D eigenvalue weighted by Gasteiger charge is 2.24. The summed E-state index contributed by atoms with van der Waals surface area (Å²) < 4.78 is 27.9. The molecule has 0 aliphatic rings. The second-order valence-electron chi connectivity index (χ2n) is 4.04. The van der Waals surface area contributed by atoms with Crippen LogP contribution in [0.1, 0.15) is 11.1 Å². The van der Waals surface area contributed by atoms with Crippen LogP contribution < -0.4 is 0 Å². The van der Waals surface area contributed by atoms with Crippen molar-refractivity contribution in [3.8, 4) is 0 Å². The molecule has 2 heterocycles. The second-order valence-corrected chi connectivity index (χ2v) is 10.3. The average molecular weight is 401 g/mol. The van der Waals surface area contributed by atoms with Gasteiger partial charge in [0.2, 0.25) is 0 Å². The van der Waals surface area contributed by atoms with Crippen LogP contribution in [-0.2, 0) is 16.6 Å². The van der Waals surface area contributed by atoms with E-state index in [4.69, 9.17) is 11.6 Å². The van der Waals surface area contributed by atoms with E-state index in [0.29, 0.717) is 10.9 Å². The number of thiophene rings is 2. The minimum Gasteiger partial charge on any atom is -0.206 e. The van der Waals surface area contributed by atoms with Gasteiger partial charge in [-0.1, -0.05) is 11.6 Å². The van der Waals surface area contributed by atoms with Gasteiger partial charge in [-0.15, -0.1) is 22.7 Å². The minimum absolute atomic E-state index is 0.284. The predicted octanol–water partition coefficient (Wildman–Crippen LogP) is 4.35. The molecule has 0 saturated heterocycles. The number of hydrogen-bond donors (Lipinski definition) is 0. The van der Waals surface area contributed by atoms with E-state index in [0.717, 1.165) is 26.3 Å². The normalized spacial score (nSPS) is 12.3. The summed E-state index contributed by atoms with van der Waals surface area (Å²) in [5.41, 5.74) is 1.75. The molecule has 2 aromatic heterocycles. The quantitative estimate of drug-likeness (QED) is 0.765. The van der Waals surface area contributed by atoms with Crippen LogP contribution >= 0.6 is 50.2 Å². The van der Waals surface area contributed by atoms with Crippen LogP contribution in [0.3, 0.4) is 0 Å². The highest BCUT2D eigenvalue weighted by atomic mass is 79.9. The van der Waals surface area contributed by atoms with Gasteiger partial charge in [0.25, 0.3) is 10.0 Å². The first kappa shape index (κ1) is 15.5. The highest BCUT2D eigenvalue weighted by molar-refractivity contribution is 9.11.